The van der Waals surface area contributed by atoms with Crippen molar-refractivity contribution in [1.29, 1.82) is 0 Å². The van der Waals surface area contributed by atoms with Gasteiger partial charge in [-0.2, -0.15) is 13.2 Å². The fourth-order valence-corrected chi connectivity index (χ4v) is 3.94. The van der Waals surface area contributed by atoms with Crippen molar-refractivity contribution in [3.8, 4) is 0 Å². The summed E-state index contributed by atoms with van der Waals surface area (Å²) in [5.41, 5.74) is 13.1. The number of carbonyl (C=O) groups excluding carboxylic acids is 1. The standard InChI is InChI=1S/C13H17F3N2O.C9H10N2S.2C2H6/c1-2-5-18(9-19)8-11-4-3-10(7-17)6-12(11)13(14,15)16;1-6-4-8-7(2-3-12-8)11-9(10)5-6;2*1-2/h3-4,6,9H,2,5,7-8,17H2,1H3;2-4H,5H2,1H3,(H2,10,11);2*1-2H3. The highest BCUT2D eigenvalue weighted by Crippen LogP contribution is 2.33. The number of hydrogen-bond acceptors (Lipinski definition) is 5. The normalized spacial score (nSPS) is 12.1. The Morgan fingerprint density at radius 1 is 1.17 bits per heavy atom. The second kappa shape index (κ2) is 16.9. The van der Waals surface area contributed by atoms with Crippen LogP contribution in [0.5, 0.6) is 0 Å². The molecule has 0 bridgehead atoms. The number of aliphatic imine (C=N–C) groups is 1. The highest BCUT2D eigenvalue weighted by Gasteiger charge is 2.33. The van der Waals surface area contributed by atoms with Crippen LogP contribution in [0.15, 0.2) is 40.2 Å². The van der Waals surface area contributed by atoms with Crippen LogP contribution >= 0.6 is 11.3 Å². The molecule has 1 aliphatic heterocycles. The summed E-state index contributed by atoms with van der Waals surface area (Å²) in [5.74, 6) is 0.709. The van der Waals surface area contributed by atoms with Gasteiger partial charge in [0, 0.05) is 26.1 Å². The third-order valence-corrected chi connectivity index (χ3v) is 5.38. The lowest BCUT2D eigenvalue weighted by Gasteiger charge is -2.20. The van der Waals surface area contributed by atoms with Crippen molar-refractivity contribution in [3.05, 3.63) is 56.8 Å². The van der Waals surface area contributed by atoms with Gasteiger partial charge in [-0.15, -0.1) is 11.3 Å². The van der Waals surface area contributed by atoms with Crippen molar-refractivity contribution in [2.75, 3.05) is 6.54 Å². The molecule has 35 heavy (non-hydrogen) atoms. The average Bonchev–Trinajstić information content (AvgIpc) is 3.21. The van der Waals surface area contributed by atoms with E-state index in [4.69, 9.17) is 11.5 Å². The van der Waals surface area contributed by atoms with Gasteiger partial charge >= 0.3 is 6.18 Å². The minimum absolute atomic E-state index is 0.0446. The molecule has 9 heteroatoms. The van der Waals surface area contributed by atoms with Crippen LogP contribution in [0.1, 0.15) is 76.0 Å². The number of benzene rings is 1. The molecule has 196 valence electrons. The summed E-state index contributed by atoms with van der Waals surface area (Å²) in [6.45, 7) is 12.4. The number of alkyl halides is 3. The Bertz CT molecular complexity index is 920. The predicted molar refractivity (Wildman–Crippen MR) is 143 cm³/mol. The Labute approximate surface area is 211 Å². The molecule has 0 radical (unpaired) electrons. The van der Waals surface area contributed by atoms with E-state index in [1.54, 1.807) is 17.4 Å². The van der Waals surface area contributed by atoms with Crippen LogP contribution < -0.4 is 11.5 Å². The molecule has 0 unspecified atom stereocenters. The van der Waals surface area contributed by atoms with Gasteiger partial charge < -0.3 is 16.4 Å². The molecule has 3 rings (SSSR count). The summed E-state index contributed by atoms with van der Waals surface area (Å²) in [4.78, 5) is 17.7. The Morgan fingerprint density at radius 2 is 1.83 bits per heavy atom. The SMILES string of the molecule is CC.CC.CC1=Cc2sccc2N=C(N)C1.CCCN(C=O)Cc1ccc(CN)cc1C(F)(F)F. The number of rotatable bonds is 6. The van der Waals surface area contributed by atoms with E-state index < -0.39 is 11.7 Å². The van der Waals surface area contributed by atoms with Gasteiger partial charge in [-0.1, -0.05) is 52.3 Å². The van der Waals surface area contributed by atoms with Crippen LogP contribution in [0.4, 0.5) is 18.9 Å². The molecule has 0 aliphatic carbocycles. The molecule has 4 N–H and O–H groups in total. The van der Waals surface area contributed by atoms with Gasteiger partial charge in [-0.3, -0.25) is 4.79 Å². The molecule has 0 fully saturated rings. The fourth-order valence-electron chi connectivity index (χ4n) is 3.10. The van der Waals surface area contributed by atoms with Gasteiger partial charge in [0.25, 0.3) is 0 Å². The second-order valence-corrected chi connectivity index (χ2v) is 8.16. The van der Waals surface area contributed by atoms with Crippen molar-refractivity contribution < 1.29 is 18.0 Å². The Kier molecular flexibility index (Phi) is 15.6. The number of halogens is 3. The van der Waals surface area contributed by atoms with Crippen LogP contribution in [-0.4, -0.2) is 23.7 Å². The third-order valence-electron chi connectivity index (χ3n) is 4.52. The Balaban J connectivity index is 0.000000617. The maximum atomic E-state index is 13.0. The Hall–Kier alpha value is -2.65. The zero-order chi connectivity index (χ0) is 27.0. The van der Waals surface area contributed by atoms with Gasteiger partial charge in [0.2, 0.25) is 6.41 Å². The molecular weight excluding hydrogens is 473 g/mol. The summed E-state index contributed by atoms with van der Waals surface area (Å²) in [6, 6.07) is 5.99. The second-order valence-electron chi connectivity index (χ2n) is 7.21. The number of thiophene rings is 1. The van der Waals surface area contributed by atoms with Crippen molar-refractivity contribution in [2.24, 2.45) is 16.5 Å². The zero-order valence-electron chi connectivity index (χ0n) is 21.6. The maximum Gasteiger partial charge on any atom is 0.416 e. The number of carbonyl (C=O) groups is 1. The first-order valence-electron chi connectivity index (χ1n) is 11.8. The van der Waals surface area contributed by atoms with Gasteiger partial charge in [-0.05, 0) is 48.1 Å². The van der Waals surface area contributed by atoms with Crippen LogP contribution in [0.25, 0.3) is 6.08 Å². The van der Waals surface area contributed by atoms with E-state index in [-0.39, 0.29) is 18.7 Å². The first kappa shape index (κ1) is 32.4. The third kappa shape index (κ3) is 11.1. The van der Waals surface area contributed by atoms with Crippen LogP contribution in [0.2, 0.25) is 0 Å². The molecular formula is C26H39F3N4OS. The highest BCUT2D eigenvalue weighted by molar-refractivity contribution is 7.11. The van der Waals surface area contributed by atoms with E-state index in [0.717, 1.165) is 18.2 Å². The number of nitrogens with two attached hydrogens (primary N) is 2. The van der Waals surface area contributed by atoms with Crippen molar-refractivity contribution in [3.63, 3.8) is 0 Å². The summed E-state index contributed by atoms with van der Waals surface area (Å²) < 4.78 is 38.9. The molecule has 5 nitrogen and oxygen atoms in total. The molecule has 0 saturated carbocycles. The van der Waals surface area contributed by atoms with Gasteiger partial charge in [-0.25, -0.2) is 4.99 Å². The van der Waals surface area contributed by atoms with Crippen LogP contribution in [0.3, 0.4) is 0 Å². The van der Waals surface area contributed by atoms with Crippen LogP contribution in [0, 0.1) is 0 Å². The summed E-state index contributed by atoms with van der Waals surface area (Å²) in [6.07, 6.45) is -0.229. The van der Waals surface area contributed by atoms with Crippen molar-refractivity contribution >= 4 is 35.3 Å². The largest absolute Gasteiger partial charge is 0.416 e. The van der Waals surface area contributed by atoms with Gasteiger partial charge in [0.05, 0.1) is 16.1 Å². The van der Waals surface area contributed by atoms with E-state index in [1.807, 2.05) is 46.1 Å². The topological polar surface area (TPSA) is 84.7 Å². The van der Waals surface area contributed by atoms with Gasteiger partial charge in [0.15, 0.2) is 0 Å². The first-order valence-corrected chi connectivity index (χ1v) is 12.7. The van der Waals surface area contributed by atoms with E-state index >= 15 is 0 Å². The molecule has 1 aliphatic rings. The predicted octanol–water partition coefficient (Wildman–Crippen LogP) is 7.13. The number of nitrogens with zero attached hydrogens (tertiary/aromatic N) is 2. The van der Waals surface area contributed by atoms with Crippen molar-refractivity contribution in [2.45, 2.75) is 73.6 Å². The summed E-state index contributed by atoms with van der Waals surface area (Å²) >= 11 is 1.71. The molecule has 2 aromatic rings. The monoisotopic (exact) mass is 512 g/mol. The molecule has 0 atom stereocenters. The number of amides is 1. The number of hydrogen-bond donors (Lipinski definition) is 2. The summed E-state index contributed by atoms with van der Waals surface area (Å²) in [7, 11) is 0. The average molecular weight is 513 g/mol. The fraction of sp³-hybridized carbons (Fsp3) is 0.462. The van der Waals surface area contributed by atoms with E-state index in [0.29, 0.717) is 30.8 Å². The smallest absolute Gasteiger partial charge is 0.387 e. The molecule has 0 saturated heterocycles. The number of amidine groups is 1. The maximum absolute atomic E-state index is 13.0. The molecule has 1 aromatic carbocycles. The highest BCUT2D eigenvalue weighted by atomic mass is 32.1. The van der Waals surface area contributed by atoms with Crippen molar-refractivity contribution in [1.82, 2.24) is 4.90 Å². The molecule has 1 aromatic heterocycles. The lowest BCUT2D eigenvalue weighted by atomic mass is 10.0. The zero-order valence-corrected chi connectivity index (χ0v) is 22.4. The minimum Gasteiger partial charge on any atom is -0.387 e. The molecule has 2 heterocycles. The van der Waals surface area contributed by atoms with Gasteiger partial charge in [0.1, 0.15) is 5.84 Å². The molecule has 0 spiro atoms. The van der Waals surface area contributed by atoms with E-state index in [9.17, 15) is 18.0 Å². The quantitative estimate of drug-likeness (QED) is 0.404. The van der Waals surface area contributed by atoms with E-state index in [1.165, 1.54) is 21.4 Å². The lowest BCUT2D eigenvalue weighted by Crippen LogP contribution is -2.24. The number of fused-ring (bicyclic) bond motifs is 1. The first-order chi connectivity index (χ1) is 16.7. The lowest BCUT2D eigenvalue weighted by molar-refractivity contribution is -0.139. The minimum atomic E-state index is -4.44. The van der Waals surface area contributed by atoms with Crippen LogP contribution in [-0.2, 0) is 24.1 Å². The Morgan fingerprint density at radius 3 is 2.37 bits per heavy atom. The van der Waals surface area contributed by atoms with E-state index in [2.05, 4.69) is 18.0 Å². The molecule has 1 amide bonds. The summed E-state index contributed by atoms with van der Waals surface area (Å²) in [5, 5.41) is 2.04.